The number of anilines is 1. The number of nitriles is 1. The molecule has 1 aromatic heterocycles. The van der Waals surface area contributed by atoms with Gasteiger partial charge in [-0.2, -0.15) is 23.4 Å². The van der Waals surface area contributed by atoms with Gasteiger partial charge in [-0.15, -0.1) is 0 Å². The van der Waals surface area contributed by atoms with E-state index in [1.807, 2.05) is 6.07 Å². The maximum Gasteiger partial charge on any atom is 0.325 e. The van der Waals surface area contributed by atoms with E-state index in [9.17, 15) is 18.0 Å². The molecule has 0 bridgehead atoms. The van der Waals surface area contributed by atoms with Crippen LogP contribution in [0.1, 0.15) is 12.5 Å². The van der Waals surface area contributed by atoms with E-state index in [0.717, 1.165) is 4.90 Å². The predicted octanol–water partition coefficient (Wildman–Crippen LogP) is 3.16. The molecule has 0 fully saturated rings. The zero-order valence-corrected chi connectivity index (χ0v) is 13.9. The lowest BCUT2D eigenvalue weighted by molar-refractivity contribution is -0.141. The van der Waals surface area contributed by atoms with Crippen LogP contribution in [0.2, 0.25) is 0 Å². The molecule has 0 amide bonds. The van der Waals surface area contributed by atoms with Crippen molar-refractivity contribution >= 4 is 11.7 Å². The minimum absolute atomic E-state index is 0.0143. The van der Waals surface area contributed by atoms with Crippen molar-refractivity contribution in [3.8, 4) is 17.7 Å². The second kappa shape index (κ2) is 8.20. The van der Waals surface area contributed by atoms with E-state index in [0.29, 0.717) is 0 Å². The number of carbonyl (C=O) groups is 1. The number of benzene rings is 1. The Hall–Kier alpha value is -3.28. The largest absolute Gasteiger partial charge is 0.465 e. The first-order valence-corrected chi connectivity index (χ1v) is 7.46. The van der Waals surface area contributed by atoms with Crippen LogP contribution in [0.3, 0.4) is 0 Å². The Morgan fingerprint density at radius 3 is 2.69 bits per heavy atom. The van der Waals surface area contributed by atoms with Gasteiger partial charge in [-0.25, -0.2) is 0 Å². The lowest BCUT2D eigenvalue weighted by Crippen LogP contribution is -2.29. The van der Waals surface area contributed by atoms with Crippen LogP contribution in [-0.2, 0) is 9.53 Å². The Morgan fingerprint density at radius 1 is 1.31 bits per heavy atom. The number of carbonyl (C=O) groups excluding carboxylic acids is 1. The summed E-state index contributed by atoms with van der Waals surface area (Å²) in [5, 5.41) is 8.85. The smallest absolute Gasteiger partial charge is 0.325 e. The lowest BCUT2D eigenvalue weighted by atomic mass is 10.2. The summed E-state index contributed by atoms with van der Waals surface area (Å²) in [7, 11) is 1.19. The Balaban J connectivity index is 2.38. The molecular weight excluding hydrogens is 351 g/mol. The molecule has 0 radical (unpaired) electrons. The Bertz CT molecular complexity index is 868. The average Bonchev–Trinajstić information content (AvgIpc) is 2.60. The van der Waals surface area contributed by atoms with E-state index in [1.165, 1.54) is 31.3 Å². The molecular formula is C17H14F3N3O3. The van der Waals surface area contributed by atoms with E-state index in [2.05, 4.69) is 4.98 Å². The number of likely N-dealkylation sites (N-methyl/N-ethyl adjacent to an activating group) is 1. The van der Waals surface area contributed by atoms with Crippen LogP contribution in [0.5, 0.6) is 11.6 Å². The molecule has 0 N–H and O–H groups in total. The number of pyridine rings is 1. The van der Waals surface area contributed by atoms with Crippen LogP contribution in [0.4, 0.5) is 18.9 Å². The quantitative estimate of drug-likeness (QED) is 0.578. The summed E-state index contributed by atoms with van der Waals surface area (Å²) in [5.41, 5.74) is -0.595. The Morgan fingerprint density at radius 2 is 2.04 bits per heavy atom. The van der Waals surface area contributed by atoms with Crippen LogP contribution in [0.15, 0.2) is 24.3 Å². The van der Waals surface area contributed by atoms with Crippen molar-refractivity contribution < 1.29 is 27.4 Å². The zero-order chi connectivity index (χ0) is 19.3. The van der Waals surface area contributed by atoms with Crippen molar-refractivity contribution in [2.75, 3.05) is 25.1 Å². The minimum atomic E-state index is -1.59. The topological polar surface area (TPSA) is 75.4 Å². The molecule has 1 aromatic carbocycles. The fourth-order valence-corrected chi connectivity index (χ4v) is 2.11. The maximum absolute atomic E-state index is 14.6. The van der Waals surface area contributed by atoms with Gasteiger partial charge < -0.3 is 14.4 Å². The molecule has 0 saturated carbocycles. The summed E-state index contributed by atoms with van der Waals surface area (Å²) in [4.78, 5) is 15.5. The number of ether oxygens (including phenoxy) is 2. The van der Waals surface area contributed by atoms with Crippen molar-refractivity contribution in [2.24, 2.45) is 0 Å². The summed E-state index contributed by atoms with van der Waals surface area (Å²) in [6, 6.07) is 7.50. The second-order valence-electron chi connectivity index (χ2n) is 5.09. The molecule has 0 saturated heterocycles. The number of halogens is 3. The highest BCUT2D eigenvalue weighted by Crippen LogP contribution is 2.32. The summed E-state index contributed by atoms with van der Waals surface area (Å²) in [6.45, 7) is 1.16. The Labute approximate surface area is 147 Å². The molecule has 0 aliphatic carbocycles. The fraction of sp³-hybridized carbons (Fsp3) is 0.235. The number of hydrogen-bond donors (Lipinski definition) is 0. The van der Waals surface area contributed by atoms with Gasteiger partial charge in [0.05, 0.1) is 18.2 Å². The third kappa shape index (κ3) is 4.22. The molecule has 0 atom stereocenters. The Kier molecular flexibility index (Phi) is 6.01. The first-order chi connectivity index (χ1) is 12.4. The van der Waals surface area contributed by atoms with E-state index in [1.54, 1.807) is 6.92 Å². The van der Waals surface area contributed by atoms with Gasteiger partial charge in [0, 0.05) is 7.05 Å². The molecule has 1 heterocycles. The van der Waals surface area contributed by atoms with Gasteiger partial charge >= 0.3 is 5.97 Å². The van der Waals surface area contributed by atoms with Crippen LogP contribution < -0.4 is 9.64 Å². The van der Waals surface area contributed by atoms with Gasteiger partial charge in [-0.05, 0) is 25.1 Å². The monoisotopic (exact) mass is 365 g/mol. The van der Waals surface area contributed by atoms with Gasteiger partial charge in [-0.1, -0.05) is 6.07 Å². The van der Waals surface area contributed by atoms with Crippen molar-refractivity contribution in [2.45, 2.75) is 6.92 Å². The third-order valence-electron chi connectivity index (χ3n) is 3.22. The second-order valence-corrected chi connectivity index (χ2v) is 5.09. The number of rotatable bonds is 6. The molecule has 136 valence electrons. The van der Waals surface area contributed by atoms with Crippen molar-refractivity contribution in [3.63, 3.8) is 0 Å². The SMILES string of the molecule is CCOC(=O)CN(C)c1c(F)c(F)nc(Oc2cccc(C#N)c2)c1F. The van der Waals surface area contributed by atoms with Crippen LogP contribution in [0, 0.1) is 28.9 Å². The molecule has 2 aromatic rings. The summed E-state index contributed by atoms with van der Waals surface area (Å²) >= 11 is 0. The van der Waals surface area contributed by atoms with E-state index >= 15 is 0 Å². The number of nitrogens with zero attached hydrogens (tertiary/aromatic N) is 3. The zero-order valence-electron chi connectivity index (χ0n) is 13.9. The van der Waals surface area contributed by atoms with Crippen LogP contribution in [0.25, 0.3) is 0 Å². The molecule has 26 heavy (non-hydrogen) atoms. The normalized spacial score (nSPS) is 10.2. The molecule has 6 nitrogen and oxygen atoms in total. The standard InChI is InChI=1S/C17H14F3N3O3/c1-3-25-12(24)9-23(2)15-13(18)16(20)22-17(14(15)19)26-11-6-4-5-10(7-11)8-21/h4-7H,3,9H2,1-2H3. The van der Waals surface area contributed by atoms with Crippen LogP contribution >= 0.6 is 0 Å². The molecule has 0 aliphatic heterocycles. The minimum Gasteiger partial charge on any atom is -0.465 e. The van der Waals surface area contributed by atoms with Gasteiger partial charge in [0.1, 0.15) is 18.0 Å². The lowest BCUT2D eigenvalue weighted by Gasteiger charge is -2.20. The molecule has 0 unspecified atom stereocenters. The number of hydrogen-bond acceptors (Lipinski definition) is 6. The fourth-order valence-electron chi connectivity index (χ4n) is 2.11. The highest BCUT2D eigenvalue weighted by molar-refractivity contribution is 5.76. The summed E-state index contributed by atoms with van der Waals surface area (Å²) in [6.07, 6.45) is 0. The summed E-state index contributed by atoms with van der Waals surface area (Å²) in [5.74, 6) is -6.01. The first-order valence-electron chi connectivity index (χ1n) is 7.46. The third-order valence-corrected chi connectivity index (χ3v) is 3.22. The molecule has 0 spiro atoms. The van der Waals surface area contributed by atoms with Gasteiger partial charge in [0.15, 0.2) is 0 Å². The van der Waals surface area contributed by atoms with Crippen molar-refractivity contribution in [3.05, 3.63) is 47.4 Å². The van der Waals surface area contributed by atoms with E-state index in [4.69, 9.17) is 14.7 Å². The summed E-state index contributed by atoms with van der Waals surface area (Å²) < 4.78 is 52.3. The predicted molar refractivity (Wildman–Crippen MR) is 85.2 cm³/mol. The van der Waals surface area contributed by atoms with Crippen molar-refractivity contribution in [1.82, 2.24) is 4.98 Å². The number of esters is 1. The van der Waals surface area contributed by atoms with Crippen molar-refractivity contribution in [1.29, 1.82) is 5.26 Å². The highest BCUT2D eigenvalue weighted by atomic mass is 19.2. The molecule has 9 heteroatoms. The highest BCUT2D eigenvalue weighted by Gasteiger charge is 2.26. The van der Waals surface area contributed by atoms with Gasteiger partial charge in [-0.3, -0.25) is 4.79 Å². The van der Waals surface area contributed by atoms with Gasteiger partial charge in [0.2, 0.25) is 11.6 Å². The maximum atomic E-state index is 14.6. The molecule has 2 rings (SSSR count). The molecule has 0 aliphatic rings. The first kappa shape index (κ1) is 19.1. The van der Waals surface area contributed by atoms with Crippen LogP contribution in [-0.4, -0.2) is 31.2 Å². The van der Waals surface area contributed by atoms with E-state index in [-0.39, 0.29) is 17.9 Å². The van der Waals surface area contributed by atoms with E-state index < -0.39 is 41.7 Å². The average molecular weight is 365 g/mol. The number of aromatic nitrogens is 1. The van der Waals surface area contributed by atoms with Gasteiger partial charge in [0.25, 0.3) is 11.8 Å².